The van der Waals surface area contributed by atoms with Gasteiger partial charge in [-0.3, -0.25) is 29.6 Å². The number of aliphatic hydroxyl groups is 1. The van der Waals surface area contributed by atoms with Gasteiger partial charge in [0.15, 0.2) is 0 Å². The third-order valence-corrected chi connectivity index (χ3v) is 7.85. The molecule has 1 aromatic heterocycles. The van der Waals surface area contributed by atoms with Gasteiger partial charge in [-0.25, -0.2) is 0 Å². The van der Waals surface area contributed by atoms with Gasteiger partial charge < -0.3 is 10.0 Å². The number of pyridine rings is 1. The first-order chi connectivity index (χ1) is 16.6. The quantitative estimate of drug-likeness (QED) is 0.657. The Kier molecular flexibility index (Phi) is 5.76. The molecule has 3 aliphatic heterocycles. The molecule has 0 spiro atoms. The molecule has 3 amide bonds. The summed E-state index contributed by atoms with van der Waals surface area (Å²) in [5.74, 6) is -1.01. The lowest BCUT2D eigenvalue weighted by Crippen LogP contribution is -2.55. The molecule has 3 aliphatic rings. The maximum Gasteiger partial charge on any atom is 0.256 e. The van der Waals surface area contributed by atoms with Crippen LogP contribution in [-0.4, -0.2) is 56.7 Å². The van der Waals surface area contributed by atoms with Gasteiger partial charge >= 0.3 is 0 Å². The van der Waals surface area contributed by atoms with Gasteiger partial charge in [0.25, 0.3) is 5.91 Å². The fraction of sp³-hybridized carbons (Fsp3) is 0.481. The van der Waals surface area contributed by atoms with Crippen LogP contribution in [0.2, 0.25) is 0 Å². The summed E-state index contributed by atoms with van der Waals surface area (Å²) in [5.41, 5.74) is 2.47. The van der Waals surface area contributed by atoms with E-state index < -0.39 is 23.0 Å². The largest absolute Gasteiger partial charge is 0.383 e. The normalized spacial score (nSPS) is 26.6. The molecule has 4 heterocycles. The Bertz CT molecular complexity index is 1190. The lowest BCUT2D eigenvalue weighted by Gasteiger charge is -2.50. The number of hydrogen-bond donors (Lipinski definition) is 2. The van der Waals surface area contributed by atoms with Crippen molar-refractivity contribution in [2.24, 2.45) is 5.41 Å². The van der Waals surface area contributed by atoms with Crippen molar-refractivity contribution in [2.45, 2.75) is 64.8 Å². The smallest absolute Gasteiger partial charge is 0.256 e. The van der Waals surface area contributed by atoms with Crippen LogP contribution in [0, 0.1) is 12.3 Å². The number of nitrogens with one attached hydrogen (secondary N) is 1. The van der Waals surface area contributed by atoms with Gasteiger partial charge in [-0.1, -0.05) is 43.7 Å². The van der Waals surface area contributed by atoms with Crippen molar-refractivity contribution >= 4 is 17.7 Å². The van der Waals surface area contributed by atoms with E-state index in [1.54, 1.807) is 12.1 Å². The SMILES string of the molecule is Cc1ccc(CN2CC[C@](O)(c3ccc4c(n3)CN([C@H]3CCC(=O)NC3=O)C4=O)C(C)(C)C2)cc1. The first kappa shape index (κ1) is 23.6. The second-order valence-corrected chi connectivity index (χ2v) is 10.8. The Balaban J connectivity index is 1.34. The number of fused-ring (bicyclic) bond motifs is 1. The van der Waals surface area contributed by atoms with Crippen LogP contribution >= 0.6 is 0 Å². The van der Waals surface area contributed by atoms with Gasteiger partial charge in [0, 0.05) is 31.5 Å². The van der Waals surface area contributed by atoms with Crippen LogP contribution in [0.15, 0.2) is 36.4 Å². The van der Waals surface area contributed by atoms with Crippen molar-refractivity contribution in [1.29, 1.82) is 0 Å². The fourth-order valence-corrected chi connectivity index (χ4v) is 5.65. The second-order valence-electron chi connectivity index (χ2n) is 10.8. The number of amides is 3. The number of nitrogens with zero attached hydrogens (tertiary/aromatic N) is 3. The molecule has 2 fully saturated rings. The number of carbonyl (C=O) groups excluding carboxylic acids is 3. The van der Waals surface area contributed by atoms with Crippen LogP contribution < -0.4 is 5.32 Å². The average Bonchev–Trinajstić information content (AvgIpc) is 3.13. The molecule has 2 N–H and O–H groups in total. The second kappa shape index (κ2) is 8.53. The molecule has 0 aliphatic carbocycles. The summed E-state index contributed by atoms with van der Waals surface area (Å²) >= 11 is 0. The fourth-order valence-electron chi connectivity index (χ4n) is 5.65. The van der Waals surface area contributed by atoms with Crippen molar-refractivity contribution in [2.75, 3.05) is 13.1 Å². The Morgan fingerprint density at radius 2 is 1.86 bits per heavy atom. The minimum absolute atomic E-state index is 0.199. The zero-order valence-corrected chi connectivity index (χ0v) is 20.5. The number of carbonyl (C=O) groups is 3. The Hall–Kier alpha value is -3.10. The first-order valence-electron chi connectivity index (χ1n) is 12.2. The summed E-state index contributed by atoms with van der Waals surface area (Å²) < 4.78 is 0. The molecule has 2 atom stereocenters. The van der Waals surface area contributed by atoms with Gasteiger partial charge in [0.05, 0.1) is 23.5 Å². The summed E-state index contributed by atoms with van der Waals surface area (Å²) in [6.45, 7) is 8.66. The summed E-state index contributed by atoms with van der Waals surface area (Å²) in [6, 6.07) is 11.3. The van der Waals surface area contributed by atoms with E-state index in [9.17, 15) is 19.5 Å². The predicted molar refractivity (Wildman–Crippen MR) is 129 cm³/mol. The van der Waals surface area contributed by atoms with Gasteiger partial charge in [0.1, 0.15) is 11.6 Å². The molecule has 5 rings (SSSR count). The van der Waals surface area contributed by atoms with Crippen LogP contribution in [-0.2, 0) is 28.3 Å². The zero-order chi connectivity index (χ0) is 25.0. The lowest BCUT2D eigenvalue weighted by molar-refractivity contribution is -0.137. The van der Waals surface area contributed by atoms with Gasteiger partial charge in [-0.05, 0) is 37.5 Å². The molecule has 35 heavy (non-hydrogen) atoms. The van der Waals surface area contributed by atoms with Crippen LogP contribution in [0.3, 0.4) is 0 Å². The van der Waals surface area contributed by atoms with Crippen LogP contribution in [0.1, 0.15) is 66.0 Å². The van der Waals surface area contributed by atoms with E-state index in [4.69, 9.17) is 4.98 Å². The molecular weight excluding hydrogens is 444 g/mol. The van der Waals surface area contributed by atoms with E-state index >= 15 is 0 Å². The monoisotopic (exact) mass is 476 g/mol. The number of aryl methyl sites for hydroxylation is 1. The number of benzene rings is 1. The minimum Gasteiger partial charge on any atom is -0.383 e. The van der Waals surface area contributed by atoms with Crippen molar-refractivity contribution in [1.82, 2.24) is 20.1 Å². The maximum absolute atomic E-state index is 13.0. The van der Waals surface area contributed by atoms with E-state index in [0.717, 1.165) is 13.1 Å². The molecule has 1 aromatic carbocycles. The summed E-state index contributed by atoms with van der Waals surface area (Å²) in [5, 5.41) is 14.2. The van der Waals surface area contributed by atoms with Crippen LogP contribution in [0.25, 0.3) is 0 Å². The third kappa shape index (κ3) is 4.15. The average molecular weight is 477 g/mol. The Morgan fingerprint density at radius 3 is 2.54 bits per heavy atom. The summed E-state index contributed by atoms with van der Waals surface area (Å²) in [4.78, 5) is 45.5. The van der Waals surface area contributed by atoms with Gasteiger partial charge in [0.2, 0.25) is 11.8 Å². The summed E-state index contributed by atoms with van der Waals surface area (Å²) in [7, 11) is 0. The molecule has 0 radical (unpaired) electrons. The third-order valence-electron chi connectivity index (χ3n) is 7.85. The van der Waals surface area contributed by atoms with E-state index in [1.165, 1.54) is 16.0 Å². The van der Waals surface area contributed by atoms with Crippen molar-refractivity contribution in [3.05, 3.63) is 64.5 Å². The molecule has 2 saturated heterocycles. The maximum atomic E-state index is 13.0. The Labute approximate surface area is 205 Å². The van der Waals surface area contributed by atoms with Crippen molar-refractivity contribution in [3.8, 4) is 0 Å². The summed E-state index contributed by atoms with van der Waals surface area (Å²) in [6.07, 6.45) is 1.05. The van der Waals surface area contributed by atoms with Crippen LogP contribution in [0.4, 0.5) is 0 Å². The van der Waals surface area contributed by atoms with Crippen molar-refractivity contribution < 1.29 is 19.5 Å². The topological polar surface area (TPSA) is 103 Å². The van der Waals surface area contributed by atoms with Crippen molar-refractivity contribution in [3.63, 3.8) is 0 Å². The highest BCUT2D eigenvalue weighted by molar-refractivity contribution is 6.05. The van der Waals surface area contributed by atoms with Crippen LogP contribution in [0.5, 0.6) is 0 Å². The highest BCUT2D eigenvalue weighted by Gasteiger charge is 2.50. The number of rotatable bonds is 4. The molecule has 0 saturated carbocycles. The molecule has 2 aromatic rings. The van der Waals surface area contributed by atoms with E-state index in [2.05, 4.69) is 55.3 Å². The van der Waals surface area contributed by atoms with Gasteiger partial charge in [-0.15, -0.1) is 0 Å². The first-order valence-corrected chi connectivity index (χ1v) is 12.2. The predicted octanol–water partition coefficient (Wildman–Crippen LogP) is 2.27. The minimum atomic E-state index is -1.14. The highest BCUT2D eigenvalue weighted by atomic mass is 16.3. The molecule has 0 bridgehead atoms. The number of piperidine rings is 2. The lowest BCUT2D eigenvalue weighted by atomic mass is 9.68. The van der Waals surface area contributed by atoms with E-state index in [1.807, 2.05) is 0 Å². The molecule has 8 nitrogen and oxygen atoms in total. The number of aromatic nitrogens is 1. The molecular formula is C27H32N4O4. The highest BCUT2D eigenvalue weighted by Crippen LogP contribution is 2.46. The van der Waals surface area contributed by atoms with E-state index in [-0.39, 0.29) is 24.8 Å². The standard InChI is InChI=1S/C27H32N4O4/c1-17-4-6-18(7-5-17)14-30-13-12-27(35,26(2,3)16-30)22-10-8-19-20(28-22)15-31(25(19)34)21-9-11-23(32)29-24(21)33/h4-8,10,21,35H,9,11-16H2,1-3H3,(H,29,32,33)/t21-,27-/m0/s1. The number of hydrogen-bond acceptors (Lipinski definition) is 6. The molecule has 0 unspecified atom stereocenters. The molecule has 8 heteroatoms. The Morgan fingerprint density at radius 1 is 1.11 bits per heavy atom. The number of imide groups is 1. The van der Waals surface area contributed by atoms with E-state index in [0.29, 0.717) is 36.3 Å². The number of likely N-dealkylation sites (tertiary alicyclic amines) is 1. The zero-order valence-electron chi connectivity index (χ0n) is 20.5. The van der Waals surface area contributed by atoms with Gasteiger partial charge in [-0.2, -0.15) is 0 Å². The molecule has 184 valence electrons.